The first-order chi connectivity index (χ1) is 15.1. The molecule has 1 N–H and O–H groups in total. The van der Waals surface area contributed by atoms with E-state index in [0.717, 1.165) is 24.0 Å². The van der Waals surface area contributed by atoms with Crippen LogP contribution in [-0.2, 0) is 11.4 Å². The standard InChI is InChI=1S/C25H33ClN2O3/c1-3-5-6-7-8-9-10-25(29)28-27-18-21-13-16-23(24(17-21)30-4-2)31-19-20-11-14-22(26)15-12-20/h11-18H,3-10,19H2,1-2H3,(H,28,29)/b27-18+. The molecule has 0 saturated heterocycles. The molecule has 0 saturated carbocycles. The van der Waals surface area contributed by atoms with Crippen molar-refractivity contribution in [3.8, 4) is 11.5 Å². The Morgan fingerprint density at radius 3 is 2.45 bits per heavy atom. The normalized spacial score (nSPS) is 10.9. The number of carbonyl (C=O) groups is 1. The van der Waals surface area contributed by atoms with Gasteiger partial charge in [0.1, 0.15) is 6.61 Å². The molecular formula is C25H33ClN2O3. The van der Waals surface area contributed by atoms with Gasteiger partial charge in [0.2, 0.25) is 5.91 Å². The number of nitrogens with zero attached hydrogens (tertiary/aromatic N) is 1. The van der Waals surface area contributed by atoms with Crippen LogP contribution in [0.3, 0.4) is 0 Å². The molecule has 0 aromatic heterocycles. The van der Waals surface area contributed by atoms with Crippen molar-refractivity contribution < 1.29 is 14.3 Å². The van der Waals surface area contributed by atoms with Gasteiger partial charge in [-0.05, 0) is 54.8 Å². The smallest absolute Gasteiger partial charge is 0.240 e. The molecule has 168 valence electrons. The number of ether oxygens (including phenoxy) is 2. The van der Waals surface area contributed by atoms with Crippen molar-refractivity contribution in [2.45, 2.75) is 65.4 Å². The van der Waals surface area contributed by atoms with Gasteiger partial charge in [0.05, 0.1) is 12.8 Å². The fourth-order valence-electron chi connectivity index (χ4n) is 3.03. The number of benzene rings is 2. The largest absolute Gasteiger partial charge is 0.490 e. The Kier molecular flexibility index (Phi) is 11.5. The van der Waals surface area contributed by atoms with Crippen LogP contribution >= 0.6 is 11.6 Å². The van der Waals surface area contributed by atoms with Crippen LogP contribution in [0.15, 0.2) is 47.6 Å². The first-order valence-corrected chi connectivity index (χ1v) is 11.5. The Balaban J connectivity index is 1.83. The van der Waals surface area contributed by atoms with Gasteiger partial charge in [0.15, 0.2) is 11.5 Å². The predicted molar refractivity (Wildman–Crippen MR) is 127 cm³/mol. The summed E-state index contributed by atoms with van der Waals surface area (Å²) >= 11 is 5.92. The van der Waals surface area contributed by atoms with Crippen LogP contribution in [0.1, 0.15) is 69.9 Å². The van der Waals surface area contributed by atoms with Crippen LogP contribution in [0, 0.1) is 0 Å². The number of nitrogens with one attached hydrogen (secondary N) is 1. The quantitative estimate of drug-likeness (QED) is 0.205. The van der Waals surface area contributed by atoms with Crippen molar-refractivity contribution in [1.82, 2.24) is 5.43 Å². The molecule has 2 rings (SSSR count). The van der Waals surface area contributed by atoms with Gasteiger partial charge in [0.25, 0.3) is 0 Å². The maximum absolute atomic E-state index is 11.9. The second kappa shape index (κ2) is 14.5. The molecule has 0 aliphatic heterocycles. The molecule has 1 amide bonds. The minimum absolute atomic E-state index is 0.0558. The van der Waals surface area contributed by atoms with Crippen LogP contribution in [0.5, 0.6) is 11.5 Å². The summed E-state index contributed by atoms with van der Waals surface area (Å²) in [6.45, 7) is 5.06. The number of carbonyl (C=O) groups excluding carboxylic acids is 1. The average Bonchev–Trinajstić information content (AvgIpc) is 2.77. The number of hydrogen-bond acceptors (Lipinski definition) is 4. The van der Waals surface area contributed by atoms with Gasteiger partial charge < -0.3 is 9.47 Å². The van der Waals surface area contributed by atoms with E-state index in [9.17, 15) is 4.79 Å². The van der Waals surface area contributed by atoms with Gasteiger partial charge in [-0.2, -0.15) is 5.10 Å². The van der Waals surface area contributed by atoms with Crippen LogP contribution < -0.4 is 14.9 Å². The molecule has 0 atom stereocenters. The number of hydrazone groups is 1. The molecule has 0 aliphatic rings. The van der Waals surface area contributed by atoms with Crippen LogP contribution in [0.4, 0.5) is 0 Å². The average molecular weight is 445 g/mol. The fraction of sp³-hybridized carbons (Fsp3) is 0.440. The second-order valence-corrected chi connectivity index (χ2v) is 7.80. The summed E-state index contributed by atoms with van der Waals surface area (Å²) in [7, 11) is 0. The van der Waals surface area contributed by atoms with Gasteiger partial charge in [-0.1, -0.05) is 62.8 Å². The van der Waals surface area contributed by atoms with E-state index >= 15 is 0 Å². The molecule has 0 unspecified atom stereocenters. The summed E-state index contributed by atoms with van der Waals surface area (Å²) in [4.78, 5) is 11.9. The van der Waals surface area contributed by atoms with E-state index in [-0.39, 0.29) is 5.91 Å². The lowest BCUT2D eigenvalue weighted by molar-refractivity contribution is -0.121. The van der Waals surface area contributed by atoms with Crippen molar-refractivity contribution in [3.63, 3.8) is 0 Å². The lowest BCUT2D eigenvalue weighted by Gasteiger charge is -2.12. The van der Waals surface area contributed by atoms with Crippen molar-refractivity contribution in [2.24, 2.45) is 5.10 Å². The SMILES string of the molecule is CCCCCCCCC(=O)N/N=C/c1ccc(OCc2ccc(Cl)cc2)c(OCC)c1. The van der Waals surface area contributed by atoms with Gasteiger partial charge >= 0.3 is 0 Å². The third-order valence-corrected chi connectivity index (χ3v) is 4.99. The lowest BCUT2D eigenvalue weighted by atomic mass is 10.1. The molecule has 0 spiro atoms. The maximum Gasteiger partial charge on any atom is 0.240 e. The van der Waals surface area contributed by atoms with E-state index < -0.39 is 0 Å². The van der Waals surface area contributed by atoms with Crippen molar-refractivity contribution in [1.29, 1.82) is 0 Å². The zero-order valence-corrected chi connectivity index (χ0v) is 19.3. The monoisotopic (exact) mass is 444 g/mol. The molecule has 31 heavy (non-hydrogen) atoms. The summed E-state index contributed by atoms with van der Waals surface area (Å²) in [6.07, 6.45) is 9.05. The Bertz CT molecular complexity index is 822. The van der Waals surface area contributed by atoms with Crippen LogP contribution in [0.2, 0.25) is 5.02 Å². The number of halogens is 1. The molecule has 0 aliphatic carbocycles. The summed E-state index contributed by atoms with van der Waals surface area (Å²) in [5.41, 5.74) is 4.44. The first kappa shape index (κ1) is 24.7. The molecule has 6 heteroatoms. The van der Waals surface area contributed by atoms with E-state index in [4.69, 9.17) is 21.1 Å². The van der Waals surface area contributed by atoms with E-state index in [0.29, 0.717) is 36.2 Å². The Morgan fingerprint density at radius 1 is 0.968 bits per heavy atom. The van der Waals surface area contributed by atoms with Crippen LogP contribution in [-0.4, -0.2) is 18.7 Å². The third kappa shape index (κ3) is 9.88. The highest BCUT2D eigenvalue weighted by atomic mass is 35.5. The zero-order chi connectivity index (χ0) is 22.3. The Labute approximate surface area is 190 Å². The zero-order valence-electron chi connectivity index (χ0n) is 18.5. The Hall–Kier alpha value is -2.53. The highest BCUT2D eigenvalue weighted by Crippen LogP contribution is 2.29. The lowest BCUT2D eigenvalue weighted by Crippen LogP contribution is -2.16. The van der Waals surface area contributed by atoms with E-state index in [1.807, 2.05) is 49.4 Å². The van der Waals surface area contributed by atoms with Crippen molar-refractivity contribution >= 4 is 23.7 Å². The van der Waals surface area contributed by atoms with Gasteiger partial charge in [-0.15, -0.1) is 0 Å². The van der Waals surface area contributed by atoms with Gasteiger partial charge in [-0.25, -0.2) is 5.43 Å². The van der Waals surface area contributed by atoms with E-state index in [1.54, 1.807) is 6.21 Å². The molecule has 0 bridgehead atoms. The molecule has 0 heterocycles. The minimum atomic E-state index is -0.0558. The summed E-state index contributed by atoms with van der Waals surface area (Å²) in [6, 6.07) is 13.1. The number of hydrogen-bond donors (Lipinski definition) is 1. The van der Waals surface area contributed by atoms with Gasteiger partial charge in [-0.3, -0.25) is 4.79 Å². The number of unbranched alkanes of at least 4 members (excludes halogenated alkanes) is 5. The summed E-state index contributed by atoms with van der Waals surface area (Å²) < 4.78 is 11.6. The minimum Gasteiger partial charge on any atom is -0.490 e. The molecule has 2 aromatic carbocycles. The summed E-state index contributed by atoms with van der Waals surface area (Å²) in [5.74, 6) is 1.24. The molecule has 0 fully saturated rings. The summed E-state index contributed by atoms with van der Waals surface area (Å²) in [5, 5.41) is 4.76. The van der Waals surface area contributed by atoms with E-state index in [1.165, 1.54) is 25.7 Å². The topological polar surface area (TPSA) is 59.9 Å². The molecule has 0 radical (unpaired) electrons. The Morgan fingerprint density at radius 2 is 1.71 bits per heavy atom. The predicted octanol–water partition coefficient (Wildman–Crippen LogP) is 6.52. The van der Waals surface area contributed by atoms with Crippen molar-refractivity contribution in [2.75, 3.05) is 6.61 Å². The molecule has 2 aromatic rings. The number of rotatable bonds is 14. The number of amides is 1. The van der Waals surface area contributed by atoms with Crippen molar-refractivity contribution in [3.05, 3.63) is 58.6 Å². The van der Waals surface area contributed by atoms with Crippen LogP contribution in [0.25, 0.3) is 0 Å². The van der Waals surface area contributed by atoms with Gasteiger partial charge in [0, 0.05) is 11.4 Å². The van der Waals surface area contributed by atoms with E-state index in [2.05, 4.69) is 17.5 Å². The third-order valence-electron chi connectivity index (χ3n) is 4.74. The fourth-order valence-corrected chi connectivity index (χ4v) is 3.16. The highest BCUT2D eigenvalue weighted by Gasteiger charge is 2.07. The highest BCUT2D eigenvalue weighted by molar-refractivity contribution is 6.30. The maximum atomic E-state index is 11.9. The molecule has 5 nitrogen and oxygen atoms in total. The second-order valence-electron chi connectivity index (χ2n) is 7.37. The molecular weight excluding hydrogens is 412 g/mol. The first-order valence-electron chi connectivity index (χ1n) is 11.1.